The van der Waals surface area contributed by atoms with Gasteiger partial charge >= 0.3 is 5.97 Å². The molecule has 0 amide bonds. The minimum Gasteiger partial charge on any atom is -0.426 e. The first kappa shape index (κ1) is 10.4. The molecule has 0 aliphatic rings. The Balaban J connectivity index is 1.95. The molecule has 0 spiro atoms. The molecule has 0 aliphatic carbocycles. The lowest BCUT2D eigenvalue weighted by Gasteiger charge is -2.03. The molecular formula is C13H11NO2. The van der Waals surface area contributed by atoms with Gasteiger partial charge in [0.05, 0.1) is 6.42 Å². The molecule has 0 unspecified atom stereocenters. The van der Waals surface area contributed by atoms with Crippen molar-refractivity contribution in [2.75, 3.05) is 0 Å². The van der Waals surface area contributed by atoms with E-state index >= 15 is 0 Å². The Labute approximate surface area is 93.7 Å². The molecule has 16 heavy (non-hydrogen) atoms. The highest BCUT2D eigenvalue weighted by Gasteiger charge is 2.05. The molecule has 1 aromatic heterocycles. The molecule has 1 heterocycles. The standard InChI is InChI=1S/C13H11NO2/c15-13(9-11-5-4-8-14-10-11)16-12-6-2-1-3-7-12/h1-8,10H,9H2. The van der Waals surface area contributed by atoms with Crippen LogP contribution >= 0.6 is 0 Å². The fourth-order valence-corrected chi connectivity index (χ4v) is 1.33. The molecule has 3 nitrogen and oxygen atoms in total. The van der Waals surface area contributed by atoms with Gasteiger partial charge in [-0.15, -0.1) is 0 Å². The number of carbonyl (C=O) groups is 1. The first-order valence-electron chi connectivity index (χ1n) is 4.99. The van der Waals surface area contributed by atoms with E-state index in [2.05, 4.69) is 4.98 Å². The number of para-hydroxylation sites is 1. The minimum atomic E-state index is -0.279. The molecule has 0 atom stereocenters. The summed E-state index contributed by atoms with van der Waals surface area (Å²) in [7, 11) is 0. The first-order chi connectivity index (χ1) is 7.84. The average Bonchev–Trinajstić information content (AvgIpc) is 2.31. The predicted octanol–water partition coefficient (Wildman–Crippen LogP) is 2.23. The molecular weight excluding hydrogens is 202 g/mol. The molecule has 0 saturated heterocycles. The number of hydrogen-bond donors (Lipinski definition) is 0. The summed E-state index contributed by atoms with van der Waals surface area (Å²) in [5, 5.41) is 0. The van der Waals surface area contributed by atoms with E-state index in [1.54, 1.807) is 30.6 Å². The van der Waals surface area contributed by atoms with E-state index in [4.69, 9.17) is 4.74 Å². The van der Waals surface area contributed by atoms with E-state index in [0.717, 1.165) is 5.56 Å². The maximum Gasteiger partial charge on any atom is 0.315 e. The van der Waals surface area contributed by atoms with Gasteiger partial charge in [-0.05, 0) is 23.8 Å². The zero-order valence-corrected chi connectivity index (χ0v) is 8.67. The van der Waals surface area contributed by atoms with Gasteiger partial charge in [-0.25, -0.2) is 0 Å². The highest BCUT2D eigenvalue weighted by atomic mass is 16.5. The molecule has 1 aromatic carbocycles. The Kier molecular flexibility index (Phi) is 3.28. The van der Waals surface area contributed by atoms with Crippen molar-refractivity contribution < 1.29 is 9.53 Å². The van der Waals surface area contributed by atoms with Crippen molar-refractivity contribution in [1.29, 1.82) is 0 Å². The monoisotopic (exact) mass is 213 g/mol. The van der Waals surface area contributed by atoms with Gasteiger partial charge in [-0.3, -0.25) is 9.78 Å². The van der Waals surface area contributed by atoms with E-state index in [-0.39, 0.29) is 12.4 Å². The van der Waals surface area contributed by atoms with E-state index in [1.807, 2.05) is 24.3 Å². The lowest BCUT2D eigenvalue weighted by Crippen LogP contribution is -2.11. The van der Waals surface area contributed by atoms with Crippen LogP contribution in [0.4, 0.5) is 0 Å². The number of pyridine rings is 1. The summed E-state index contributed by atoms with van der Waals surface area (Å²) in [6.07, 6.45) is 3.57. The van der Waals surface area contributed by atoms with Gasteiger partial charge in [0.25, 0.3) is 0 Å². The van der Waals surface area contributed by atoms with Crippen LogP contribution in [0, 0.1) is 0 Å². The van der Waals surface area contributed by atoms with Gasteiger partial charge in [0, 0.05) is 12.4 Å². The number of aromatic nitrogens is 1. The molecule has 0 radical (unpaired) electrons. The zero-order valence-electron chi connectivity index (χ0n) is 8.67. The second kappa shape index (κ2) is 5.07. The summed E-state index contributed by atoms with van der Waals surface area (Å²) >= 11 is 0. The van der Waals surface area contributed by atoms with E-state index in [9.17, 15) is 4.79 Å². The highest BCUT2D eigenvalue weighted by Crippen LogP contribution is 2.09. The third-order valence-corrected chi connectivity index (χ3v) is 2.05. The smallest absolute Gasteiger partial charge is 0.315 e. The largest absolute Gasteiger partial charge is 0.426 e. The molecule has 3 heteroatoms. The number of hydrogen-bond acceptors (Lipinski definition) is 3. The summed E-state index contributed by atoms with van der Waals surface area (Å²) in [5.41, 5.74) is 0.850. The molecule has 0 fully saturated rings. The third-order valence-electron chi connectivity index (χ3n) is 2.05. The van der Waals surface area contributed by atoms with Gasteiger partial charge < -0.3 is 4.74 Å². The number of ether oxygens (including phenoxy) is 1. The number of nitrogens with zero attached hydrogens (tertiary/aromatic N) is 1. The molecule has 0 saturated carbocycles. The van der Waals surface area contributed by atoms with Crippen molar-refractivity contribution in [2.24, 2.45) is 0 Å². The summed E-state index contributed by atoms with van der Waals surface area (Å²) in [4.78, 5) is 15.5. The topological polar surface area (TPSA) is 39.2 Å². The van der Waals surface area contributed by atoms with Crippen LogP contribution in [0.5, 0.6) is 5.75 Å². The second-order valence-electron chi connectivity index (χ2n) is 3.33. The van der Waals surface area contributed by atoms with Gasteiger partial charge in [0.1, 0.15) is 5.75 Å². The van der Waals surface area contributed by atoms with Crippen molar-refractivity contribution in [3.05, 3.63) is 60.4 Å². The molecule has 2 aromatic rings. The Bertz CT molecular complexity index is 410. The molecule has 80 valence electrons. The van der Waals surface area contributed by atoms with Crippen LogP contribution in [0.1, 0.15) is 5.56 Å². The van der Waals surface area contributed by atoms with Crippen molar-refractivity contribution in [3.8, 4) is 5.75 Å². The summed E-state index contributed by atoms with van der Waals surface area (Å²) in [5.74, 6) is 0.288. The summed E-state index contributed by atoms with van der Waals surface area (Å²) < 4.78 is 5.15. The van der Waals surface area contributed by atoms with Crippen LogP contribution in [0.15, 0.2) is 54.9 Å². The highest BCUT2D eigenvalue weighted by molar-refractivity contribution is 5.74. The fraction of sp³-hybridized carbons (Fsp3) is 0.0769. The Morgan fingerprint density at radius 1 is 1.12 bits per heavy atom. The van der Waals surface area contributed by atoms with Crippen LogP contribution in [-0.2, 0) is 11.2 Å². The SMILES string of the molecule is O=C(Cc1cccnc1)Oc1ccccc1. The van der Waals surface area contributed by atoms with E-state index in [0.29, 0.717) is 5.75 Å². The van der Waals surface area contributed by atoms with Crippen LogP contribution in [0.25, 0.3) is 0 Å². The van der Waals surface area contributed by atoms with Gasteiger partial charge in [-0.2, -0.15) is 0 Å². The lowest BCUT2D eigenvalue weighted by atomic mass is 10.2. The van der Waals surface area contributed by atoms with Crippen LogP contribution < -0.4 is 4.74 Å². The average molecular weight is 213 g/mol. The normalized spacial score (nSPS) is 9.75. The second-order valence-corrected chi connectivity index (χ2v) is 3.33. The van der Waals surface area contributed by atoms with E-state index in [1.165, 1.54) is 0 Å². The molecule has 2 rings (SSSR count). The Morgan fingerprint density at radius 2 is 1.94 bits per heavy atom. The number of rotatable bonds is 3. The number of esters is 1. The zero-order chi connectivity index (χ0) is 11.2. The van der Waals surface area contributed by atoms with Crippen LogP contribution in [0.3, 0.4) is 0 Å². The van der Waals surface area contributed by atoms with Gasteiger partial charge in [-0.1, -0.05) is 24.3 Å². The van der Waals surface area contributed by atoms with Crippen molar-refractivity contribution in [2.45, 2.75) is 6.42 Å². The molecule has 0 aliphatic heterocycles. The maximum absolute atomic E-state index is 11.5. The Hall–Kier alpha value is -2.16. The summed E-state index contributed by atoms with van der Waals surface area (Å²) in [6, 6.07) is 12.7. The van der Waals surface area contributed by atoms with Gasteiger partial charge in [0.2, 0.25) is 0 Å². The first-order valence-corrected chi connectivity index (χ1v) is 4.99. The summed E-state index contributed by atoms with van der Waals surface area (Å²) in [6.45, 7) is 0. The number of carbonyl (C=O) groups excluding carboxylic acids is 1. The van der Waals surface area contributed by atoms with E-state index < -0.39 is 0 Å². The predicted molar refractivity (Wildman–Crippen MR) is 60.0 cm³/mol. The maximum atomic E-state index is 11.5. The lowest BCUT2D eigenvalue weighted by molar-refractivity contribution is -0.133. The quantitative estimate of drug-likeness (QED) is 0.579. The molecule has 0 N–H and O–H groups in total. The molecule has 0 bridgehead atoms. The Morgan fingerprint density at radius 3 is 2.62 bits per heavy atom. The third kappa shape index (κ3) is 2.92. The number of benzene rings is 1. The van der Waals surface area contributed by atoms with Crippen molar-refractivity contribution >= 4 is 5.97 Å². The fourth-order valence-electron chi connectivity index (χ4n) is 1.33. The van der Waals surface area contributed by atoms with Gasteiger partial charge in [0.15, 0.2) is 0 Å². The van der Waals surface area contributed by atoms with Crippen molar-refractivity contribution in [3.63, 3.8) is 0 Å². The van der Waals surface area contributed by atoms with Crippen molar-refractivity contribution in [1.82, 2.24) is 4.98 Å². The minimum absolute atomic E-state index is 0.239. The van der Waals surface area contributed by atoms with Crippen LogP contribution in [0.2, 0.25) is 0 Å². The van der Waals surface area contributed by atoms with Crippen LogP contribution in [-0.4, -0.2) is 11.0 Å².